The Labute approximate surface area is 268 Å². The van der Waals surface area contributed by atoms with Gasteiger partial charge in [-0.3, -0.25) is 9.59 Å². The molecular weight excluding hydrogens is 613 g/mol. The molecule has 3 aliphatic rings. The second-order valence-corrected chi connectivity index (χ2v) is 12.0. The van der Waals surface area contributed by atoms with E-state index in [1.807, 2.05) is 25.8 Å². The van der Waals surface area contributed by atoms with E-state index in [0.29, 0.717) is 48.2 Å². The highest BCUT2D eigenvalue weighted by atomic mass is 19.1. The van der Waals surface area contributed by atoms with E-state index in [-0.39, 0.29) is 34.5 Å². The highest BCUT2D eigenvalue weighted by molar-refractivity contribution is 5.97. The molecule has 47 heavy (non-hydrogen) atoms. The maximum absolute atomic E-state index is 15.0. The molecule has 0 bridgehead atoms. The fraction of sp³-hybridized carbons (Fsp3) is 0.438. The van der Waals surface area contributed by atoms with Gasteiger partial charge in [0, 0.05) is 64.4 Å². The molecule has 0 spiro atoms. The van der Waals surface area contributed by atoms with Crippen molar-refractivity contribution in [2.24, 2.45) is 0 Å². The standard InChI is InChI=1S/C18H20FN3O4.C14H16N4O3/c1-10-9-26-17-14-11(16(23)12(18(24)25)8-22(10)14)7-13(19)15(17)21-5-3-20(2)4-6-21;1-2-17-8-10(13(20)21)11(19)9-7-15-14(16-12(9)17)18-5-3-4-6-18/h7-8,10H,3-6,9H2,1-2H3,(H,24,25);7-8H,2-6H2,1H3,(H,20,21). The molecule has 6 heterocycles. The number of hydrogen-bond acceptors (Lipinski definition) is 10. The fourth-order valence-electron chi connectivity index (χ4n) is 6.32. The van der Waals surface area contributed by atoms with Gasteiger partial charge in [0.1, 0.15) is 29.1 Å². The number of piperazine rings is 1. The van der Waals surface area contributed by atoms with Crippen LogP contribution in [0.2, 0.25) is 0 Å². The lowest BCUT2D eigenvalue weighted by Crippen LogP contribution is -2.45. The van der Waals surface area contributed by atoms with E-state index in [2.05, 4.69) is 19.8 Å². The van der Waals surface area contributed by atoms with Gasteiger partial charge < -0.3 is 38.8 Å². The summed E-state index contributed by atoms with van der Waals surface area (Å²) in [4.78, 5) is 62.2. The van der Waals surface area contributed by atoms with Gasteiger partial charge in [-0.15, -0.1) is 0 Å². The lowest BCUT2D eigenvalue weighted by molar-refractivity contribution is 0.0683. The summed E-state index contributed by atoms with van der Waals surface area (Å²) >= 11 is 0. The number of carboxylic acid groups (broad SMARTS) is 2. The van der Waals surface area contributed by atoms with Crippen LogP contribution in [0.15, 0.2) is 34.2 Å². The molecule has 7 rings (SSSR count). The molecule has 248 valence electrons. The van der Waals surface area contributed by atoms with Crippen molar-refractivity contribution in [2.75, 3.05) is 62.7 Å². The molecule has 1 unspecified atom stereocenters. The molecule has 0 aliphatic carbocycles. The maximum atomic E-state index is 15.0. The Morgan fingerprint density at radius 3 is 2.23 bits per heavy atom. The first-order valence-electron chi connectivity index (χ1n) is 15.6. The van der Waals surface area contributed by atoms with Crippen molar-refractivity contribution in [2.45, 2.75) is 39.3 Å². The van der Waals surface area contributed by atoms with E-state index in [4.69, 9.17) is 9.84 Å². The first-order valence-corrected chi connectivity index (χ1v) is 15.6. The molecule has 2 fully saturated rings. The minimum absolute atomic E-state index is 0.0434. The average Bonchev–Trinajstić information content (AvgIpc) is 3.60. The molecule has 14 nitrogen and oxygen atoms in total. The topological polar surface area (TPSA) is 163 Å². The van der Waals surface area contributed by atoms with Crippen molar-refractivity contribution in [1.29, 1.82) is 0 Å². The number of likely N-dealkylation sites (N-methyl/N-ethyl adjacent to an activating group) is 1. The van der Waals surface area contributed by atoms with Gasteiger partial charge in [0.2, 0.25) is 16.8 Å². The number of carbonyl (C=O) groups is 2. The normalized spacial score (nSPS) is 17.8. The van der Waals surface area contributed by atoms with E-state index in [0.717, 1.165) is 45.1 Å². The van der Waals surface area contributed by atoms with Crippen molar-refractivity contribution >= 4 is 45.5 Å². The van der Waals surface area contributed by atoms with Crippen molar-refractivity contribution < 1.29 is 28.9 Å². The van der Waals surface area contributed by atoms with Crippen LogP contribution < -0.4 is 25.4 Å². The SMILES string of the molecule is CC1COc2c(N3CCN(C)CC3)c(F)cc3c(=O)c(C(=O)O)cn1c23.CCn1cc(C(=O)O)c(=O)c2cnc(N3CCCC3)nc21. The summed E-state index contributed by atoms with van der Waals surface area (Å²) in [6.07, 6.45) is 6.36. The molecule has 0 amide bonds. The number of carboxylic acids is 2. The second kappa shape index (κ2) is 12.6. The zero-order valence-electron chi connectivity index (χ0n) is 26.4. The Kier molecular flexibility index (Phi) is 8.57. The number of ether oxygens (including phenoxy) is 1. The first kappa shape index (κ1) is 31.9. The van der Waals surface area contributed by atoms with Crippen molar-refractivity contribution in [3.05, 3.63) is 62.0 Å². The lowest BCUT2D eigenvalue weighted by Gasteiger charge is -2.37. The minimum Gasteiger partial charge on any atom is -0.487 e. The second-order valence-electron chi connectivity index (χ2n) is 12.0. The van der Waals surface area contributed by atoms with Crippen molar-refractivity contribution in [3.63, 3.8) is 0 Å². The number of aryl methyl sites for hydroxylation is 1. The molecule has 15 heteroatoms. The first-order chi connectivity index (χ1) is 22.5. The van der Waals surface area contributed by atoms with E-state index >= 15 is 0 Å². The van der Waals surface area contributed by atoms with Gasteiger partial charge in [-0.05, 0) is 39.8 Å². The third kappa shape index (κ3) is 5.75. The third-order valence-corrected chi connectivity index (χ3v) is 8.95. The van der Waals surface area contributed by atoms with Crippen LogP contribution in [0.4, 0.5) is 16.0 Å². The van der Waals surface area contributed by atoms with Gasteiger partial charge in [-0.1, -0.05) is 0 Å². The van der Waals surface area contributed by atoms with Gasteiger partial charge >= 0.3 is 11.9 Å². The number of nitrogens with zero attached hydrogens (tertiary/aromatic N) is 7. The summed E-state index contributed by atoms with van der Waals surface area (Å²) in [7, 11) is 2.02. The largest absolute Gasteiger partial charge is 0.487 e. The van der Waals surface area contributed by atoms with Crippen LogP contribution in [-0.4, -0.2) is 99.1 Å². The molecule has 0 radical (unpaired) electrons. The zero-order valence-corrected chi connectivity index (χ0v) is 26.4. The molecule has 3 aromatic heterocycles. The Morgan fingerprint density at radius 2 is 1.60 bits per heavy atom. The number of anilines is 2. The highest BCUT2D eigenvalue weighted by Crippen LogP contribution is 2.42. The molecule has 4 aromatic rings. The summed E-state index contributed by atoms with van der Waals surface area (Å²) < 4.78 is 24.2. The number of rotatable bonds is 5. The molecule has 0 saturated carbocycles. The lowest BCUT2D eigenvalue weighted by atomic mass is 10.1. The number of pyridine rings is 2. The van der Waals surface area contributed by atoms with Crippen LogP contribution in [0.5, 0.6) is 5.75 Å². The number of hydrogen-bond donors (Lipinski definition) is 2. The summed E-state index contributed by atoms with van der Waals surface area (Å²) in [5.41, 5.74) is -0.514. The summed E-state index contributed by atoms with van der Waals surface area (Å²) in [5.74, 6) is -2.17. The van der Waals surface area contributed by atoms with Crippen LogP contribution in [0, 0.1) is 5.82 Å². The number of benzene rings is 1. The Morgan fingerprint density at radius 1 is 0.957 bits per heavy atom. The van der Waals surface area contributed by atoms with Crippen molar-refractivity contribution in [3.8, 4) is 5.75 Å². The quantitative estimate of drug-likeness (QED) is 0.326. The number of halogens is 1. The summed E-state index contributed by atoms with van der Waals surface area (Å²) in [5, 5.41) is 18.7. The monoisotopic (exact) mass is 649 g/mol. The molecule has 2 N–H and O–H groups in total. The molecule has 2 saturated heterocycles. The van der Waals surface area contributed by atoms with Gasteiger partial charge in [-0.2, -0.15) is 4.98 Å². The predicted molar refractivity (Wildman–Crippen MR) is 173 cm³/mol. The molecule has 1 atom stereocenters. The Balaban J connectivity index is 0.000000168. The van der Waals surface area contributed by atoms with E-state index < -0.39 is 28.6 Å². The van der Waals surface area contributed by atoms with Crippen LogP contribution in [0.25, 0.3) is 21.9 Å². The van der Waals surface area contributed by atoms with Crippen molar-refractivity contribution in [1.82, 2.24) is 24.0 Å². The minimum atomic E-state index is -1.32. The van der Waals surface area contributed by atoms with Crippen LogP contribution in [-0.2, 0) is 6.54 Å². The van der Waals surface area contributed by atoms with Gasteiger partial charge in [0.05, 0.1) is 22.3 Å². The smallest absolute Gasteiger partial charge is 0.341 e. The molecule has 3 aliphatic heterocycles. The van der Waals surface area contributed by atoms with Crippen LogP contribution >= 0.6 is 0 Å². The highest BCUT2D eigenvalue weighted by Gasteiger charge is 2.31. The van der Waals surface area contributed by atoms with Gasteiger partial charge in [-0.25, -0.2) is 19.0 Å². The van der Waals surface area contributed by atoms with E-state index in [1.54, 1.807) is 9.13 Å². The number of aromatic carboxylic acids is 2. The molecular formula is C32H36FN7O7. The Hall–Kier alpha value is -5.05. The number of aromatic nitrogens is 4. The van der Waals surface area contributed by atoms with E-state index in [1.165, 1.54) is 18.6 Å². The maximum Gasteiger partial charge on any atom is 0.341 e. The van der Waals surface area contributed by atoms with Crippen LogP contribution in [0.3, 0.4) is 0 Å². The van der Waals surface area contributed by atoms with Gasteiger partial charge in [0.25, 0.3) is 0 Å². The third-order valence-electron chi connectivity index (χ3n) is 8.95. The number of fused-ring (bicyclic) bond motifs is 1. The van der Waals surface area contributed by atoms with Crippen LogP contribution in [0.1, 0.15) is 53.4 Å². The zero-order chi connectivity index (χ0) is 33.6. The van der Waals surface area contributed by atoms with Gasteiger partial charge in [0.15, 0.2) is 11.6 Å². The summed E-state index contributed by atoms with van der Waals surface area (Å²) in [6.45, 7) is 9.32. The Bertz CT molecular complexity index is 2010. The molecule has 1 aromatic carbocycles. The predicted octanol–water partition coefficient (Wildman–Crippen LogP) is 2.65. The summed E-state index contributed by atoms with van der Waals surface area (Å²) in [6, 6.07) is 0.994. The fourth-order valence-corrected chi connectivity index (χ4v) is 6.32. The average molecular weight is 650 g/mol. The van der Waals surface area contributed by atoms with E-state index in [9.17, 15) is 28.7 Å².